The second kappa shape index (κ2) is 5.69. The molecule has 0 radical (unpaired) electrons. The highest BCUT2D eigenvalue weighted by atomic mass is 19.3. The van der Waals surface area contributed by atoms with Crippen LogP contribution in [0.15, 0.2) is 11.6 Å². The Morgan fingerprint density at radius 1 is 1.58 bits per heavy atom. The minimum atomic E-state index is -2.58. The smallest absolute Gasteiger partial charge is 0.330 e. The van der Waals surface area contributed by atoms with E-state index >= 15 is 0 Å². The molecule has 0 atom stereocenters. The molecular weight excluding hydrogens is 166 g/mol. The first-order valence-corrected chi connectivity index (χ1v) is 3.71. The lowest BCUT2D eigenvalue weighted by Crippen LogP contribution is -2.04. The van der Waals surface area contributed by atoms with Crippen LogP contribution in [0.25, 0.3) is 0 Å². The molecule has 0 fully saturated rings. The van der Waals surface area contributed by atoms with Crippen molar-refractivity contribution in [1.29, 1.82) is 0 Å². The minimum absolute atomic E-state index is 0.267. The predicted octanol–water partition coefficient (Wildman–Crippen LogP) is 2.15. The number of hydrogen-bond donors (Lipinski definition) is 0. The molecule has 0 rings (SSSR count). The molecule has 70 valence electrons. The Morgan fingerprint density at radius 3 is 2.58 bits per heavy atom. The van der Waals surface area contributed by atoms with Crippen molar-refractivity contribution in [3.63, 3.8) is 0 Å². The fourth-order valence-corrected chi connectivity index (χ4v) is 0.493. The van der Waals surface area contributed by atoms with Crippen molar-refractivity contribution in [2.45, 2.75) is 26.7 Å². The van der Waals surface area contributed by atoms with E-state index in [-0.39, 0.29) is 12.2 Å². The van der Waals surface area contributed by atoms with E-state index in [2.05, 4.69) is 4.74 Å². The summed E-state index contributed by atoms with van der Waals surface area (Å²) in [5.74, 6) is -0.699. The molecule has 0 saturated carbocycles. The van der Waals surface area contributed by atoms with Crippen LogP contribution in [0.1, 0.15) is 20.3 Å². The summed E-state index contributed by atoms with van der Waals surface area (Å²) in [7, 11) is 0. The zero-order valence-corrected chi connectivity index (χ0v) is 7.14. The van der Waals surface area contributed by atoms with E-state index in [1.54, 1.807) is 0 Å². The molecule has 0 N–H and O–H groups in total. The largest absolute Gasteiger partial charge is 0.463 e. The van der Waals surface area contributed by atoms with Crippen LogP contribution in [0.4, 0.5) is 8.78 Å². The second-order valence-corrected chi connectivity index (χ2v) is 2.36. The Hall–Kier alpha value is -0.930. The van der Waals surface area contributed by atoms with E-state index in [1.807, 2.05) is 6.92 Å². The second-order valence-electron chi connectivity index (χ2n) is 2.36. The van der Waals surface area contributed by atoms with Gasteiger partial charge < -0.3 is 4.74 Å². The summed E-state index contributed by atoms with van der Waals surface area (Å²) in [6.45, 7) is 3.29. The highest BCUT2D eigenvalue weighted by Crippen LogP contribution is 2.06. The van der Waals surface area contributed by atoms with E-state index in [0.717, 1.165) is 6.08 Å². The SMILES string of the molecule is CCCOC(=O)/C=C(\C)C(F)F. The number of esters is 1. The molecule has 12 heavy (non-hydrogen) atoms. The summed E-state index contributed by atoms with van der Waals surface area (Å²) in [5, 5.41) is 0. The molecule has 2 nitrogen and oxygen atoms in total. The molecule has 0 aromatic heterocycles. The molecule has 0 spiro atoms. The third kappa shape index (κ3) is 4.82. The summed E-state index contributed by atoms with van der Waals surface area (Å²) in [6.07, 6.45) is -1.08. The normalized spacial score (nSPS) is 11.9. The average molecular weight is 178 g/mol. The lowest BCUT2D eigenvalue weighted by molar-refractivity contribution is -0.137. The van der Waals surface area contributed by atoms with Crippen LogP contribution in [-0.4, -0.2) is 19.0 Å². The van der Waals surface area contributed by atoms with Crippen molar-refractivity contribution in [1.82, 2.24) is 0 Å². The maximum atomic E-state index is 11.8. The fourth-order valence-electron chi connectivity index (χ4n) is 0.493. The van der Waals surface area contributed by atoms with Gasteiger partial charge in [0.15, 0.2) is 0 Å². The first-order valence-electron chi connectivity index (χ1n) is 3.71. The van der Waals surface area contributed by atoms with Gasteiger partial charge in [0, 0.05) is 6.08 Å². The van der Waals surface area contributed by atoms with Crippen LogP contribution in [0.3, 0.4) is 0 Å². The summed E-state index contributed by atoms with van der Waals surface area (Å²) in [4.78, 5) is 10.7. The van der Waals surface area contributed by atoms with E-state index in [0.29, 0.717) is 6.42 Å². The Bertz CT molecular complexity index is 176. The highest BCUT2D eigenvalue weighted by Gasteiger charge is 2.07. The number of rotatable bonds is 4. The highest BCUT2D eigenvalue weighted by molar-refractivity contribution is 5.82. The molecule has 0 amide bonds. The summed E-state index contributed by atoms with van der Waals surface area (Å²) in [5.41, 5.74) is -0.267. The summed E-state index contributed by atoms with van der Waals surface area (Å²) in [6, 6.07) is 0. The van der Waals surface area contributed by atoms with Gasteiger partial charge in [-0.3, -0.25) is 0 Å². The van der Waals surface area contributed by atoms with E-state index in [1.165, 1.54) is 6.92 Å². The van der Waals surface area contributed by atoms with E-state index in [4.69, 9.17) is 0 Å². The van der Waals surface area contributed by atoms with Crippen LogP contribution in [-0.2, 0) is 9.53 Å². The molecule has 0 heterocycles. The van der Waals surface area contributed by atoms with Crippen molar-refractivity contribution in [2.24, 2.45) is 0 Å². The van der Waals surface area contributed by atoms with Gasteiger partial charge in [0.05, 0.1) is 6.61 Å². The maximum Gasteiger partial charge on any atom is 0.330 e. The lowest BCUT2D eigenvalue weighted by atomic mass is 10.3. The maximum absolute atomic E-state index is 11.8. The van der Waals surface area contributed by atoms with Crippen molar-refractivity contribution >= 4 is 5.97 Å². The van der Waals surface area contributed by atoms with Gasteiger partial charge in [-0.05, 0) is 18.9 Å². The molecule has 0 aliphatic rings. The number of carbonyl (C=O) groups is 1. The molecule has 0 aliphatic heterocycles. The van der Waals surface area contributed by atoms with E-state index < -0.39 is 12.4 Å². The molecular formula is C8H12F2O2. The van der Waals surface area contributed by atoms with Crippen LogP contribution in [0.5, 0.6) is 0 Å². The minimum Gasteiger partial charge on any atom is -0.463 e. The third-order valence-electron chi connectivity index (χ3n) is 1.14. The standard InChI is InChI=1S/C8H12F2O2/c1-3-4-12-7(11)5-6(2)8(9)10/h5,8H,3-4H2,1-2H3/b6-5+. The third-order valence-corrected chi connectivity index (χ3v) is 1.14. The number of ether oxygens (including phenoxy) is 1. The van der Waals surface area contributed by atoms with Crippen LogP contribution < -0.4 is 0 Å². The van der Waals surface area contributed by atoms with Crippen LogP contribution in [0, 0.1) is 0 Å². The summed E-state index contributed by atoms with van der Waals surface area (Å²) >= 11 is 0. The Kier molecular flexibility index (Phi) is 5.25. The van der Waals surface area contributed by atoms with Gasteiger partial charge in [0.1, 0.15) is 0 Å². The number of halogens is 2. The zero-order valence-electron chi connectivity index (χ0n) is 7.14. The molecule has 0 unspecified atom stereocenters. The molecule has 0 saturated heterocycles. The van der Waals surface area contributed by atoms with Gasteiger partial charge in [0.25, 0.3) is 6.43 Å². The molecule has 0 aromatic rings. The number of alkyl halides is 2. The van der Waals surface area contributed by atoms with Crippen molar-refractivity contribution in [3.05, 3.63) is 11.6 Å². The monoisotopic (exact) mass is 178 g/mol. The topological polar surface area (TPSA) is 26.3 Å². The Labute approximate surface area is 70.2 Å². The van der Waals surface area contributed by atoms with Gasteiger partial charge in [-0.1, -0.05) is 6.92 Å². The van der Waals surface area contributed by atoms with Gasteiger partial charge in [-0.15, -0.1) is 0 Å². The number of hydrogen-bond acceptors (Lipinski definition) is 2. The van der Waals surface area contributed by atoms with Crippen LogP contribution in [0.2, 0.25) is 0 Å². The number of carbonyl (C=O) groups excluding carboxylic acids is 1. The zero-order chi connectivity index (χ0) is 9.56. The van der Waals surface area contributed by atoms with Gasteiger partial charge >= 0.3 is 5.97 Å². The lowest BCUT2D eigenvalue weighted by Gasteiger charge is -2.00. The molecule has 0 aliphatic carbocycles. The van der Waals surface area contributed by atoms with Crippen LogP contribution >= 0.6 is 0 Å². The fraction of sp³-hybridized carbons (Fsp3) is 0.625. The first kappa shape index (κ1) is 11.1. The van der Waals surface area contributed by atoms with Crippen molar-refractivity contribution in [2.75, 3.05) is 6.61 Å². The molecule has 0 bridgehead atoms. The molecule has 0 aromatic carbocycles. The van der Waals surface area contributed by atoms with Gasteiger partial charge in [-0.25, -0.2) is 13.6 Å². The van der Waals surface area contributed by atoms with Gasteiger partial charge in [-0.2, -0.15) is 0 Å². The molecule has 4 heteroatoms. The van der Waals surface area contributed by atoms with E-state index in [9.17, 15) is 13.6 Å². The Morgan fingerprint density at radius 2 is 2.17 bits per heavy atom. The van der Waals surface area contributed by atoms with Crippen molar-refractivity contribution in [3.8, 4) is 0 Å². The first-order chi connectivity index (χ1) is 5.57. The Balaban J connectivity index is 3.88. The predicted molar refractivity (Wildman–Crippen MR) is 41.0 cm³/mol. The number of allylic oxidation sites excluding steroid dienone is 1. The average Bonchev–Trinajstić information content (AvgIpc) is 2.00. The quantitative estimate of drug-likeness (QED) is 0.487. The summed E-state index contributed by atoms with van der Waals surface area (Å²) < 4.78 is 28.2. The van der Waals surface area contributed by atoms with Crippen molar-refractivity contribution < 1.29 is 18.3 Å². The van der Waals surface area contributed by atoms with Gasteiger partial charge in [0.2, 0.25) is 0 Å².